The lowest BCUT2D eigenvalue weighted by Crippen LogP contribution is -2.38. The summed E-state index contributed by atoms with van der Waals surface area (Å²) in [6, 6.07) is 16.7. The SMILES string of the molecule is CC(C)c1cccc(C(C)C)c1[N+]1=C(C(=O)c2ccccc2)C2(CCCCC2)CC1(C)C. The summed E-state index contributed by atoms with van der Waals surface area (Å²) in [4.78, 5) is 14.3. The van der Waals surface area contributed by atoms with Gasteiger partial charge in [-0.3, -0.25) is 4.79 Å². The quantitative estimate of drug-likeness (QED) is 0.347. The van der Waals surface area contributed by atoms with Crippen molar-refractivity contribution in [1.29, 1.82) is 0 Å². The molecule has 1 saturated carbocycles. The molecule has 1 aliphatic carbocycles. The second-order valence-corrected chi connectivity index (χ2v) is 11.3. The van der Waals surface area contributed by atoms with E-state index in [1.807, 2.05) is 30.3 Å². The topological polar surface area (TPSA) is 20.1 Å². The van der Waals surface area contributed by atoms with E-state index in [4.69, 9.17) is 0 Å². The van der Waals surface area contributed by atoms with Crippen LogP contribution in [0.3, 0.4) is 0 Å². The summed E-state index contributed by atoms with van der Waals surface area (Å²) in [6.07, 6.45) is 7.03. The smallest absolute Gasteiger partial charge is 0.252 e. The van der Waals surface area contributed by atoms with Gasteiger partial charge in [0.15, 0.2) is 5.54 Å². The van der Waals surface area contributed by atoms with Gasteiger partial charge in [-0.15, -0.1) is 0 Å². The molecule has 2 aromatic rings. The minimum Gasteiger partial charge on any atom is -0.282 e. The molecule has 0 amide bonds. The molecule has 0 bridgehead atoms. The second kappa shape index (κ2) is 8.61. The first-order valence-corrected chi connectivity index (χ1v) is 12.6. The lowest BCUT2D eigenvalue weighted by atomic mass is 9.66. The molecule has 1 aliphatic heterocycles. The summed E-state index contributed by atoms with van der Waals surface area (Å²) in [6.45, 7) is 13.8. The number of Topliss-reactive ketones (excluding diaryl/α,β-unsaturated/α-hetero) is 1. The van der Waals surface area contributed by atoms with Crippen LogP contribution in [-0.4, -0.2) is 21.6 Å². The summed E-state index contributed by atoms with van der Waals surface area (Å²) in [5, 5.41) is 0. The number of nitrogens with zero attached hydrogens (tertiary/aromatic N) is 1. The molecule has 1 spiro atoms. The van der Waals surface area contributed by atoms with E-state index in [1.165, 1.54) is 36.1 Å². The normalized spacial score (nSPS) is 19.9. The third-order valence-corrected chi connectivity index (χ3v) is 7.73. The molecule has 1 fully saturated rings. The third-order valence-electron chi connectivity index (χ3n) is 7.73. The number of carbonyl (C=O) groups is 1. The van der Waals surface area contributed by atoms with Crippen LogP contribution in [0.2, 0.25) is 0 Å². The first-order valence-electron chi connectivity index (χ1n) is 12.6. The molecular weight excluding hydrogens is 390 g/mol. The highest BCUT2D eigenvalue weighted by Crippen LogP contribution is 2.53. The summed E-state index contributed by atoms with van der Waals surface area (Å²) in [5.41, 5.74) is 5.76. The molecule has 0 atom stereocenters. The van der Waals surface area contributed by atoms with Gasteiger partial charge in [0, 0.05) is 37.0 Å². The number of ketones is 1. The predicted octanol–water partition coefficient (Wildman–Crippen LogP) is 8.03. The zero-order chi connectivity index (χ0) is 23.1. The van der Waals surface area contributed by atoms with Crippen molar-refractivity contribution in [2.24, 2.45) is 5.41 Å². The van der Waals surface area contributed by atoms with Gasteiger partial charge >= 0.3 is 0 Å². The Balaban J connectivity index is 2.08. The fourth-order valence-electron chi connectivity index (χ4n) is 6.43. The van der Waals surface area contributed by atoms with Gasteiger partial charge in [0.2, 0.25) is 11.4 Å². The van der Waals surface area contributed by atoms with Crippen LogP contribution in [0.25, 0.3) is 0 Å². The van der Waals surface area contributed by atoms with Gasteiger partial charge in [-0.2, -0.15) is 4.58 Å². The van der Waals surface area contributed by atoms with Crippen LogP contribution in [0.5, 0.6) is 0 Å². The van der Waals surface area contributed by atoms with Crippen LogP contribution < -0.4 is 0 Å². The van der Waals surface area contributed by atoms with Crippen molar-refractivity contribution in [3.63, 3.8) is 0 Å². The summed E-state index contributed by atoms with van der Waals surface area (Å²) < 4.78 is 2.51. The number of hydrogen-bond acceptors (Lipinski definition) is 1. The van der Waals surface area contributed by atoms with Gasteiger partial charge in [-0.05, 0) is 24.7 Å². The highest BCUT2D eigenvalue weighted by molar-refractivity contribution is 6.46. The highest BCUT2D eigenvalue weighted by atomic mass is 16.1. The Bertz CT molecular complexity index is 994. The van der Waals surface area contributed by atoms with E-state index in [0.29, 0.717) is 11.8 Å². The van der Waals surface area contributed by atoms with Crippen molar-refractivity contribution >= 4 is 17.2 Å². The Morgan fingerprint density at radius 2 is 1.38 bits per heavy atom. The molecule has 0 unspecified atom stereocenters. The maximum absolute atomic E-state index is 14.3. The fourth-order valence-corrected chi connectivity index (χ4v) is 6.43. The minimum absolute atomic E-state index is 0.0208. The van der Waals surface area contributed by atoms with Gasteiger partial charge in [0.05, 0.1) is 5.41 Å². The summed E-state index contributed by atoms with van der Waals surface area (Å²) >= 11 is 0. The molecule has 0 aromatic heterocycles. The van der Waals surface area contributed by atoms with Crippen LogP contribution in [0.1, 0.15) is 113 Å². The Morgan fingerprint density at radius 3 is 1.91 bits per heavy atom. The van der Waals surface area contributed by atoms with E-state index in [2.05, 4.69) is 64.3 Å². The maximum Gasteiger partial charge on any atom is 0.252 e. The molecule has 2 aromatic carbocycles. The molecule has 2 aliphatic rings. The summed E-state index contributed by atoms with van der Waals surface area (Å²) in [7, 11) is 0. The first-order chi connectivity index (χ1) is 15.2. The van der Waals surface area contributed by atoms with Crippen molar-refractivity contribution in [2.75, 3.05) is 0 Å². The van der Waals surface area contributed by atoms with E-state index >= 15 is 0 Å². The Labute approximate surface area is 194 Å². The third kappa shape index (κ3) is 3.87. The van der Waals surface area contributed by atoms with Crippen molar-refractivity contribution < 1.29 is 9.37 Å². The molecule has 0 N–H and O–H groups in total. The van der Waals surface area contributed by atoms with Gasteiger partial charge < -0.3 is 0 Å². The average Bonchev–Trinajstić information content (AvgIpc) is 2.99. The van der Waals surface area contributed by atoms with E-state index in [9.17, 15) is 4.79 Å². The monoisotopic (exact) mass is 430 g/mol. The Morgan fingerprint density at radius 1 is 0.812 bits per heavy atom. The molecule has 1 heterocycles. The molecule has 2 nitrogen and oxygen atoms in total. The Hall–Kier alpha value is -2.22. The predicted molar refractivity (Wildman–Crippen MR) is 135 cm³/mol. The maximum atomic E-state index is 14.3. The number of benzene rings is 2. The van der Waals surface area contributed by atoms with Crippen LogP contribution in [0, 0.1) is 5.41 Å². The summed E-state index contributed by atoms with van der Waals surface area (Å²) in [5.74, 6) is 1.03. The molecule has 0 radical (unpaired) electrons. The largest absolute Gasteiger partial charge is 0.282 e. The molecule has 32 heavy (non-hydrogen) atoms. The lowest BCUT2D eigenvalue weighted by molar-refractivity contribution is -0.515. The molecule has 170 valence electrons. The number of carbonyl (C=O) groups excluding carboxylic acids is 1. The zero-order valence-corrected chi connectivity index (χ0v) is 20.9. The van der Waals surface area contributed by atoms with Crippen molar-refractivity contribution in [1.82, 2.24) is 0 Å². The standard InChI is InChI=1S/C30H40NO/c1-21(2)24-16-13-17-25(22(3)4)26(24)31-28(27(32)23-14-9-7-10-15-23)30(20-29(31,5)6)18-11-8-12-19-30/h7,9-10,13-17,21-22H,8,11-12,18-20H2,1-6H3/q+1. The van der Waals surface area contributed by atoms with E-state index in [0.717, 1.165) is 30.5 Å². The lowest BCUT2D eigenvalue weighted by Gasteiger charge is -2.31. The van der Waals surface area contributed by atoms with Crippen molar-refractivity contribution in [3.05, 3.63) is 65.2 Å². The highest BCUT2D eigenvalue weighted by Gasteiger charge is 2.60. The number of hydrogen-bond donors (Lipinski definition) is 0. The minimum atomic E-state index is -0.105. The second-order valence-electron chi connectivity index (χ2n) is 11.3. The van der Waals surface area contributed by atoms with Gasteiger partial charge in [-0.25, -0.2) is 0 Å². The van der Waals surface area contributed by atoms with E-state index in [-0.39, 0.29) is 16.7 Å². The van der Waals surface area contributed by atoms with Crippen LogP contribution >= 0.6 is 0 Å². The van der Waals surface area contributed by atoms with Gasteiger partial charge in [-0.1, -0.05) is 95.5 Å². The fraction of sp³-hybridized carbons (Fsp3) is 0.533. The molecule has 0 saturated heterocycles. The Kier molecular flexibility index (Phi) is 6.18. The van der Waals surface area contributed by atoms with Crippen molar-refractivity contribution in [2.45, 2.75) is 97.4 Å². The van der Waals surface area contributed by atoms with Gasteiger partial charge in [0.1, 0.15) is 0 Å². The van der Waals surface area contributed by atoms with Crippen molar-refractivity contribution in [3.8, 4) is 0 Å². The molecule has 4 rings (SSSR count). The molecule has 2 heteroatoms. The number of rotatable bonds is 5. The van der Waals surface area contributed by atoms with Crippen LogP contribution in [0.4, 0.5) is 5.69 Å². The average molecular weight is 431 g/mol. The molecular formula is C30H40NO+. The zero-order valence-electron chi connectivity index (χ0n) is 20.9. The first kappa shape index (κ1) is 23.0. The van der Waals surface area contributed by atoms with Crippen LogP contribution in [-0.2, 0) is 0 Å². The van der Waals surface area contributed by atoms with E-state index in [1.54, 1.807) is 0 Å². The van der Waals surface area contributed by atoms with E-state index < -0.39 is 0 Å². The van der Waals surface area contributed by atoms with Crippen LogP contribution in [0.15, 0.2) is 48.5 Å². The number of para-hydroxylation sites is 1. The van der Waals surface area contributed by atoms with Gasteiger partial charge in [0.25, 0.3) is 5.78 Å².